The number of rotatable bonds is 9. The van der Waals surface area contributed by atoms with Crippen LogP contribution in [0.15, 0.2) is 90.5 Å². The molecule has 0 fully saturated rings. The van der Waals surface area contributed by atoms with Crippen LogP contribution >= 0.6 is 11.8 Å². The number of amides is 1. The SMILES string of the molecule is O=C(NCCSC(C1=C(O)c2ccccc2C1=O)c1cc2c(cc1[N+](=O)[O-])OCO2)OCC1c2ccccc2-c2ccccc21. The van der Waals surface area contributed by atoms with Crippen molar-refractivity contribution in [2.45, 2.75) is 11.2 Å². The number of nitro benzene ring substituents is 1. The number of ketones is 1. The monoisotopic (exact) mass is 622 g/mol. The molecular weight excluding hydrogens is 596 g/mol. The Kier molecular flexibility index (Phi) is 7.38. The van der Waals surface area contributed by atoms with Gasteiger partial charge in [-0.05, 0) is 28.3 Å². The molecule has 0 saturated carbocycles. The molecule has 0 bridgehead atoms. The van der Waals surface area contributed by atoms with E-state index in [1.165, 1.54) is 23.9 Å². The van der Waals surface area contributed by atoms with E-state index < -0.39 is 22.0 Å². The molecule has 0 aromatic heterocycles. The molecule has 0 spiro atoms. The van der Waals surface area contributed by atoms with Crippen LogP contribution in [-0.4, -0.2) is 47.6 Å². The van der Waals surface area contributed by atoms with Crippen molar-refractivity contribution in [2.75, 3.05) is 25.7 Å². The second-order valence-electron chi connectivity index (χ2n) is 10.7. The third kappa shape index (κ3) is 5.04. The van der Waals surface area contributed by atoms with Crippen molar-refractivity contribution in [3.8, 4) is 22.6 Å². The second-order valence-corrected chi connectivity index (χ2v) is 11.9. The molecule has 0 saturated heterocycles. The molecule has 226 valence electrons. The summed E-state index contributed by atoms with van der Waals surface area (Å²) < 4.78 is 16.5. The molecule has 1 aliphatic heterocycles. The van der Waals surface area contributed by atoms with Crippen LogP contribution in [0.25, 0.3) is 16.9 Å². The summed E-state index contributed by atoms with van der Waals surface area (Å²) in [5.74, 6) is 0.0484. The molecule has 4 aromatic rings. The minimum absolute atomic E-state index is 0.0318. The first-order chi connectivity index (χ1) is 21.9. The first-order valence-corrected chi connectivity index (χ1v) is 15.3. The van der Waals surface area contributed by atoms with Gasteiger partial charge in [-0.15, -0.1) is 11.8 Å². The van der Waals surface area contributed by atoms with E-state index in [4.69, 9.17) is 14.2 Å². The zero-order chi connectivity index (χ0) is 31.1. The fourth-order valence-electron chi connectivity index (χ4n) is 6.15. The first kappa shape index (κ1) is 28.5. The van der Waals surface area contributed by atoms with Crippen LogP contribution in [0.5, 0.6) is 11.5 Å². The summed E-state index contributed by atoms with van der Waals surface area (Å²) in [7, 11) is 0. The molecule has 7 rings (SSSR count). The Bertz CT molecular complexity index is 1860. The highest BCUT2D eigenvalue weighted by atomic mass is 32.2. The lowest BCUT2D eigenvalue weighted by atomic mass is 9.98. The molecule has 1 amide bonds. The standard InChI is InChI=1S/C34H26N2O8S/c37-31-23-11-5-6-12-24(23)32(38)30(31)33(25-15-28-29(44-18-43-28)16-27(25)36(40)41)45-14-13-35-34(39)42-17-26-21-9-3-1-7-19(21)20-8-2-4-10-22(20)26/h1-12,15-16,26,33,37H,13-14,17-18H2,(H,35,39). The van der Waals surface area contributed by atoms with E-state index in [1.807, 2.05) is 36.4 Å². The summed E-state index contributed by atoms with van der Waals surface area (Å²) in [6.45, 7) is 0.216. The summed E-state index contributed by atoms with van der Waals surface area (Å²) in [5.41, 5.74) is 5.08. The van der Waals surface area contributed by atoms with Gasteiger partial charge in [-0.1, -0.05) is 72.8 Å². The van der Waals surface area contributed by atoms with Crippen molar-refractivity contribution in [3.63, 3.8) is 0 Å². The number of thioether (sulfide) groups is 1. The Balaban J connectivity index is 1.07. The lowest BCUT2D eigenvalue weighted by molar-refractivity contribution is -0.385. The number of fused-ring (bicyclic) bond motifs is 5. The van der Waals surface area contributed by atoms with Crippen LogP contribution in [0.4, 0.5) is 10.5 Å². The predicted molar refractivity (Wildman–Crippen MR) is 168 cm³/mol. The number of alkyl carbamates (subject to hydrolysis) is 1. The van der Waals surface area contributed by atoms with Gasteiger partial charge in [-0.2, -0.15) is 0 Å². The number of aliphatic hydroxyl groups is 1. The quantitative estimate of drug-likeness (QED) is 0.117. The number of nitro groups is 1. The molecule has 45 heavy (non-hydrogen) atoms. The Labute approximate surface area is 261 Å². The van der Waals surface area contributed by atoms with E-state index in [0.29, 0.717) is 16.9 Å². The highest BCUT2D eigenvalue weighted by Gasteiger charge is 2.39. The van der Waals surface area contributed by atoms with Gasteiger partial charge in [0.2, 0.25) is 6.79 Å². The Morgan fingerprint density at radius 3 is 2.20 bits per heavy atom. The highest BCUT2D eigenvalue weighted by molar-refractivity contribution is 7.99. The van der Waals surface area contributed by atoms with Gasteiger partial charge < -0.3 is 24.6 Å². The summed E-state index contributed by atoms with van der Waals surface area (Å²) >= 11 is 1.18. The Morgan fingerprint density at radius 1 is 0.956 bits per heavy atom. The maximum absolute atomic E-state index is 13.5. The summed E-state index contributed by atoms with van der Waals surface area (Å²) in [5, 5.41) is 25.1. The fourth-order valence-corrected chi connectivity index (χ4v) is 7.36. The average Bonchev–Trinajstić information content (AvgIpc) is 3.72. The Morgan fingerprint density at radius 2 is 1.56 bits per heavy atom. The van der Waals surface area contributed by atoms with Crippen molar-refractivity contribution in [1.82, 2.24) is 5.32 Å². The molecule has 1 heterocycles. The molecule has 10 nitrogen and oxygen atoms in total. The van der Waals surface area contributed by atoms with Crippen LogP contribution in [0.3, 0.4) is 0 Å². The fraction of sp³-hybridized carbons (Fsp3) is 0.176. The van der Waals surface area contributed by atoms with Gasteiger partial charge in [-0.3, -0.25) is 14.9 Å². The molecule has 11 heteroatoms. The van der Waals surface area contributed by atoms with Crippen molar-refractivity contribution < 1.29 is 33.8 Å². The molecule has 1 atom stereocenters. The van der Waals surface area contributed by atoms with Crippen LogP contribution in [-0.2, 0) is 4.74 Å². The van der Waals surface area contributed by atoms with Gasteiger partial charge in [0, 0.05) is 29.3 Å². The van der Waals surface area contributed by atoms with Gasteiger partial charge in [0.05, 0.1) is 27.4 Å². The second kappa shape index (κ2) is 11.7. The molecule has 1 unspecified atom stereocenters. The molecule has 2 N–H and O–H groups in total. The largest absolute Gasteiger partial charge is 0.507 e. The number of carbonyl (C=O) groups is 2. The van der Waals surface area contributed by atoms with E-state index in [0.717, 1.165) is 22.3 Å². The number of aliphatic hydroxyl groups excluding tert-OH is 1. The van der Waals surface area contributed by atoms with E-state index >= 15 is 0 Å². The lowest BCUT2D eigenvalue weighted by Crippen LogP contribution is -2.28. The van der Waals surface area contributed by atoms with Crippen LogP contribution in [0.2, 0.25) is 0 Å². The summed E-state index contributed by atoms with van der Waals surface area (Å²) in [6, 6.07) is 25.5. The first-order valence-electron chi connectivity index (χ1n) is 14.3. The zero-order valence-corrected chi connectivity index (χ0v) is 24.5. The van der Waals surface area contributed by atoms with E-state index in [9.17, 15) is 24.8 Å². The van der Waals surface area contributed by atoms with Crippen molar-refractivity contribution >= 4 is 35.1 Å². The minimum Gasteiger partial charge on any atom is -0.507 e. The maximum Gasteiger partial charge on any atom is 0.407 e. The zero-order valence-electron chi connectivity index (χ0n) is 23.7. The predicted octanol–water partition coefficient (Wildman–Crippen LogP) is 6.80. The Hall–Kier alpha value is -5.29. The number of carbonyl (C=O) groups excluding carboxylic acids is 2. The lowest BCUT2D eigenvalue weighted by Gasteiger charge is -2.19. The third-order valence-corrected chi connectivity index (χ3v) is 9.45. The molecule has 0 radical (unpaired) electrons. The maximum atomic E-state index is 13.5. The van der Waals surface area contributed by atoms with Crippen LogP contribution < -0.4 is 14.8 Å². The van der Waals surface area contributed by atoms with Crippen molar-refractivity contribution in [3.05, 3.63) is 128 Å². The summed E-state index contributed by atoms with van der Waals surface area (Å²) in [6.07, 6.45) is -0.602. The molecular formula is C34H26N2O8S. The number of nitrogens with one attached hydrogen (secondary N) is 1. The van der Waals surface area contributed by atoms with Gasteiger partial charge in [0.15, 0.2) is 17.3 Å². The van der Waals surface area contributed by atoms with Gasteiger partial charge in [0.1, 0.15) is 12.4 Å². The number of ether oxygens (including phenoxy) is 3. The molecule has 4 aromatic carbocycles. The van der Waals surface area contributed by atoms with E-state index in [-0.39, 0.29) is 59.9 Å². The highest BCUT2D eigenvalue weighted by Crippen LogP contribution is 2.50. The van der Waals surface area contributed by atoms with E-state index in [1.54, 1.807) is 24.3 Å². The summed E-state index contributed by atoms with van der Waals surface area (Å²) in [4.78, 5) is 37.9. The average molecular weight is 623 g/mol. The number of benzene rings is 4. The number of hydrogen-bond donors (Lipinski definition) is 2. The van der Waals surface area contributed by atoms with Crippen LogP contribution in [0, 0.1) is 10.1 Å². The normalized spacial score (nSPS) is 15.0. The van der Waals surface area contributed by atoms with Crippen molar-refractivity contribution in [1.29, 1.82) is 0 Å². The van der Waals surface area contributed by atoms with Gasteiger partial charge >= 0.3 is 6.09 Å². The van der Waals surface area contributed by atoms with Crippen molar-refractivity contribution in [2.24, 2.45) is 0 Å². The number of Topliss-reactive ketones (excluding diaryl/α,β-unsaturated/α-hetero) is 1. The molecule has 2 aliphatic carbocycles. The minimum atomic E-state index is -0.941. The smallest absolute Gasteiger partial charge is 0.407 e. The molecule has 3 aliphatic rings. The van der Waals surface area contributed by atoms with Gasteiger partial charge in [-0.25, -0.2) is 4.79 Å². The third-order valence-electron chi connectivity index (χ3n) is 8.19. The van der Waals surface area contributed by atoms with E-state index in [2.05, 4.69) is 17.4 Å². The topological polar surface area (TPSA) is 137 Å². The van der Waals surface area contributed by atoms with Crippen LogP contribution in [0.1, 0.15) is 43.8 Å². The number of nitrogens with zero attached hydrogens (tertiary/aromatic N) is 1. The van der Waals surface area contributed by atoms with Gasteiger partial charge in [0.25, 0.3) is 5.69 Å². The number of hydrogen-bond acceptors (Lipinski definition) is 9.